The molecule has 0 aliphatic carbocycles. The van der Waals surface area contributed by atoms with Crippen molar-refractivity contribution in [1.82, 2.24) is 4.98 Å². The molecule has 92 valence electrons. The van der Waals surface area contributed by atoms with Gasteiger partial charge in [-0.15, -0.1) is 0 Å². The average molecular weight is 247 g/mol. The van der Waals surface area contributed by atoms with E-state index < -0.39 is 0 Å². The standard InChI is InChI=1S/C16H13N3/c1-2-6-15-11-13(8-9-14(15)5-1)12-18-19-16-7-3-4-10-17-16/h1-12H,(H,17,19)/b18-12+. The second-order valence-corrected chi connectivity index (χ2v) is 4.19. The van der Waals surface area contributed by atoms with Crippen LogP contribution in [0.1, 0.15) is 5.56 Å². The van der Waals surface area contributed by atoms with Crippen molar-refractivity contribution in [2.75, 3.05) is 5.43 Å². The molecule has 0 atom stereocenters. The van der Waals surface area contributed by atoms with E-state index in [0.717, 1.165) is 11.4 Å². The summed E-state index contributed by atoms with van der Waals surface area (Å²) >= 11 is 0. The predicted octanol–water partition coefficient (Wildman–Crippen LogP) is 3.68. The van der Waals surface area contributed by atoms with Crippen LogP contribution in [0.15, 0.2) is 72.0 Å². The van der Waals surface area contributed by atoms with Crippen molar-refractivity contribution in [2.24, 2.45) is 5.10 Å². The van der Waals surface area contributed by atoms with E-state index in [-0.39, 0.29) is 0 Å². The first kappa shape index (κ1) is 11.4. The second-order valence-electron chi connectivity index (χ2n) is 4.19. The summed E-state index contributed by atoms with van der Waals surface area (Å²) in [6.07, 6.45) is 3.52. The predicted molar refractivity (Wildman–Crippen MR) is 79.4 cm³/mol. The largest absolute Gasteiger partial charge is 0.261 e. The zero-order valence-electron chi connectivity index (χ0n) is 10.3. The molecular formula is C16H13N3. The number of benzene rings is 2. The minimum absolute atomic E-state index is 0.736. The van der Waals surface area contributed by atoms with Crippen LogP contribution in [0.2, 0.25) is 0 Å². The highest BCUT2D eigenvalue weighted by Gasteiger charge is 1.93. The number of anilines is 1. The third kappa shape index (κ3) is 2.77. The second kappa shape index (κ2) is 5.31. The summed E-state index contributed by atoms with van der Waals surface area (Å²) in [5, 5.41) is 6.63. The smallest absolute Gasteiger partial charge is 0.146 e. The molecule has 0 unspecified atom stereocenters. The van der Waals surface area contributed by atoms with Crippen molar-refractivity contribution in [1.29, 1.82) is 0 Å². The third-order valence-electron chi connectivity index (χ3n) is 2.83. The van der Waals surface area contributed by atoms with Gasteiger partial charge >= 0.3 is 0 Å². The zero-order chi connectivity index (χ0) is 12.9. The number of aromatic nitrogens is 1. The molecule has 1 N–H and O–H groups in total. The molecule has 3 heteroatoms. The normalized spacial score (nSPS) is 10.9. The fraction of sp³-hybridized carbons (Fsp3) is 0. The summed E-state index contributed by atoms with van der Waals surface area (Å²) in [4.78, 5) is 4.13. The molecule has 0 fully saturated rings. The SMILES string of the molecule is C(=N\Nc1ccccn1)/c1ccc2ccccc2c1. The minimum Gasteiger partial charge on any atom is -0.261 e. The van der Waals surface area contributed by atoms with Crippen LogP contribution in [0.4, 0.5) is 5.82 Å². The van der Waals surface area contributed by atoms with Crippen LogP contribution in [0.25, 0.3) is 10.8 Å². The van der Waals surface area contributed by atoms with E-state index in [0.29, 0.717) is 0 Å². The van der Waals surface area contributed by atoms with E-state index in [1.807, 2.05) is 36.4 Å². The van der Waals surface area contributed by atoms with E-state index >= 15 is 0 Å². The Labute approximate surface area is 111 Å². The van der Waals surface area contributed by atoms with Crippen LogP contribution in [0.3, 0.4) is 0 Å². The lowest BCUT2D eigenvalue weighted by molar-refractivity contribution is 1.23. The number of nitrogens with one attached hydrogen (secondary N) is 1. The van der Waals surface area contributed by atoms with Crippen LogP contribution in [-0.2, 0) is 0 Å². The van der Waals surface area contributed by atoms with Gasteiger partial charge in [0, 0.05) is 6.20 Å². The van der Waals surface area contributed by atoms with Crippen LogP contribution >= 0.6 is 0 Å². The van der Waals surface area contributed by atoms with Crippen molar-refractivity contribution in [3.05, 3.63) is 72.4 Å². The molecule has 0 bridgehead atoms. The maximum Gasteiger partial charge on any atom is 0.146 e. The molecule has 19 heavy (non-hydrogen) atoms. The van der Waals surface area contributed by atoms with Gasteiger partial charge in [0.1, 0.15) is 5.82 Å². The van der Waals surface area contributed by atoms with Crippen LogP contribution in [-0.4, -0.2) is 11.2 Å². The Morgan fingerprint density at radius 3 is 2.58 bits per heavy atom. The Morgan fingerprint density at radius 2 is 1.74 bits per heavy atom. The van der Waals surface area contributed by atoms with E-state index in [9.17, 15) is 0 Å². The summed E-state index contributed by atoms with van der Waals surface area (Å²) in [5.74, 6) is 0.736. The fourth-order valence-electron chi connectivity index (χ4n) is 1.89. The van der Waals surface area contributed by atoms with Crippen molar-refractivity contribution in [3.8, 4) is 0 Å². The maximum absolute atomic E-state index is 4.18. The number of rotatable bonds is 3. The molecule has 3 rings (SSSR count). The first-order valence-electron chi connectivity index (χ1n) is 6.11. The topological polar surface area (TPSA) is 37.3 Å². The summed E-state index contributed by atoms with van der Waals surface area (Å²) in [5.41, 5.74) is 3.96. The first-order chi connectivity index (χ1) is 9.42. The number of nitrogens with zero attached hydrogens (tertiary/aromatic N) is 2. The molecule has 0 amide bonds. The molecule has 0 aliphatic rings. The van der Waals surface area contributed by atoms with Gasteiger partial charge in [0.15, 0.2) is 0 Å². The van der Waals surface area contributed by atoms with Crippen LogP contribution < -0.4 is 5.43 Å². The average Bonchev–Trinajstić information content (AvgIpc) is 2.48. The Morgan fingerprint density at radius 1 is 0.895 bits per heavy atom. The Bertz CT molecular complexity index is 705. The summed E-state index contributed by atoms with van der Waals surface area (Å²) in [6, 6.07) is 20.2. The molecular weight excluding hydrogens is 234 g/mol. The molecule has 2 aromatic carbocycles. The summed E-state index contributed by atoms with van der Waals surface area (Å²) in [6.45, 7) is 0. The van der Waals surface area contributed by atoms with Crippen molar-refractivity contribution in [2.45, 2.75) is 0 Å². The minimum atomic E-state index is 0.736. The third-order valence-corrected chi connectivity index (χ3v) is 2.83. The number of fused-ring (bicyclic) bond motifs is 1. The maximum atomic E-state index is 4.18. The van der Waals surface area contributed by atoms with Gasteiger partial charge in [-0.05, 0) is 34.5 Å². The fourth-order valence-corrected chi connectivity index (χ4v) is 1.89. The number of pyridine rings is 1. The Kier molecular flexibility index (Phi) is 3.19. The summed E-state index contributed by atoms with van der Waals surface area (Å²) < 4.78 is 0. The lowest BCUT2D eigenvalue weighted by Crippen LogP contribution is -1.92. The number of hydrogen-bond acceptors (Lipinski definition) is 3. The van der Waals surface area contributed by atoms with E-state index in [2.05, 4.69) is 39.8 Å². The van der Waals surface area contributed by atoms with Gasteiger partial charge < -0.3 is 0 Å². The monoisotopic (exact) mass is 247 g/mol. The molecule has 3 aromatic rings. The number of hydrogen-bond donors (Lipinski definition) is 1. The highest BCUT2D eigenvalue weighted by molar-refractivity contribution is 5.90. The first-order valence-corrected chi connectivity index (χ1v) is 6.11. The van der Waals surface area contributed by atoms with Crippen molar-refractivity contribution < 1.29 is 0 Å². The van der Waals surface area contributed by atoms with Gasteiger partial charge in [-0.2, -0.15) is 5.10 Å². The molecule has 3 nitrogen and oxygen atoms in total. The molecule has 0 spiro atoms. The number of hydrazone groups is 1. The van der Waals surface area contributed by atoms with Crippen LogP contribution in [0.5, 0.6) is 0 Å². The quantitative estimate of drug-likeness (QED) is 0.566. The van der Waals surface area contributed by atoms with Crippen molar-refractivity contribution >= 4 is 22.8 Å². The molecule has 0 radical (unpaired) electrons. The molecule has 1 heterocycles. The van der Waals surface area contributed by atoms with Gasteiger partial charge in [0.25, 0.3) is 0 Å². The highest BCUT2D eigenvalue weighted by Crippen LogP contribution is 2.14. The van der Waals surface area contributed by atoms with E-state index in [1.165, 1.54) is 10.8 Å². The van der Waals surface area contributed by atoms with Gasteiger partial charge in [-0.25, -0.2) is 4.98 Å². The Balaban J connectivity index is 1.78. The highest BCUT2D eigenvalue weighted by atomic mass is 15.3. The zero-order valence-corrected chi connectivity index (χ0v) is 10.3. The Hall–Kier alpha value is -2.68. The molecule has 1 aromatic heterocycles. The molecule has 0 saturated carbocycles. The van der Waals surface area contributed by atoms with Gasteiger partial charge in [-0.3, -0.25) is 5.43 Å². The summed E-state index contributed by atoms with van der Waals surface area (Å²) in [7, 11) is 0. The van der Waals surface area contributed by atoms with E-state index in [1.54, 1.807) is 12.4 Å². The van der Waals surface area contributed by atoms with E-state index in [4.69, 9.17) is 0 Å². The van der Waals surface area contributed by atoms with Gasteiger partial charge in [0.05, 0.1) is 6.21 Å². The van der Waals surface area contributed by atoms with Gasteiger partial charge in [-0.1, -0.05) is 42.5 Å². The lowest BCUT2D eigenvalue weighted by Gasteiger charge is -2.00. The lowest BCUT2D eigenvalue weighted by atomic mass is 10.1. The molecule has 0 saturated heterocycles. The van der Waals surface area contributed by atoms with Crippen molar-refractivity contribution in [3.63, 3.8) is 0 Å². The van der Waals surface area contributed by atoms with Gasteiger partial charge in [0.2, 0.25) is 0 Å². The molecule has 0 aliphatic heterocycles. The van der Waals surface area contributed by atoms with Crippen LogP contribution in [0, 0.1) is 0 Å².